The van der Waals surface area contributed by atoms with Crippen molar-refractivity contribution in [2.24, 2.45) is 5.92 Å². The van der Waals surface area contributed by atoms with Crippen molar-refractivity contribution in [2.75, 3.05) is 52.5 Å². The minimum atomic E-state index is -0.0943. The molecule has 0 N–H and O–H groups in total. The molecule has 2 amide bonds. The van der Waals surface area contributed by atoms with Gasteiger partial charge in [0, 0.05) is 57.3 Å². The maximum absolute atomic E-state index is 13.1. The van der Waals surface area contributed by atoms with Crippen LogP contribution in [0.4, 0.5) is 0 Å². The molecule has 1 unspecified atom stereocenters. The standard InChI is InChI=1S/C21H28ClN3O3/c22-19-3-1-2-16-14-25(7-6-18(16)19)21(27)17-4-5-20(26)24(15-17)9-8-23-10-12-28-13-11-23/h1-3,17H,4-15H2. The van der Waals surface area contributed by atoms with Crippen LogP contribution in [0.15, 0.2) is 18.2 Å². The van der Waals surface area contributed by atoms with Crippen LogP contribution in [0.25, 0.3) is 0 Å². The maximum Gasteiger partial charge on any atom is 0.227 e. The first-order valence-corrected chi connectivity index (χ1v) is 10.6. The zero-order valence-electron chi connectivity index (χ0n) is 16.2. The number of carbonyl (C=O) groups excluding carboxylic acids is 2. The third kappa shape index (κ3) is 4.34. The molecule has 3 aliphatic heterocycles. The predicted molar refractivity (Wildman–Crippen MR) is 107 cm³/mol. The molecular formula is C21H28ClN3O3. The minimum Gasteiger partial charge on any atom is -0.379 e. The summed E-state index contributed by atoms with van der Waals surface area (Å²) >= 11 is 6.29. The molecule has 1 atom stereocenters. The highest BCUT2D eigenvalue weighted by molar-refractivity contribution is 6.31. The number of halogens is 1. The first kappa shape index (κ1) is 19.7. The molecule has 1 aromatic carbocycles. The fourth-order valence-electron chi connectivity index (χ4n) is 4.43. The molecule has 4 rings (SSSR count). The van der Waals surface area contributed by atoms with Crippen molar-refractivity contribution >= 4 is 23.4 Å². The molecule has 2 fully saturated rings. The summed E-state index contributed by atoms with van der Waals surface area (Å²) in [6.45, 7) is 6.76. The fourth-order valence-corrected chi connectivity index (χ4v) is 4.72. The lowest BCUT2D eigenvalue weighted by Crippen LogP contribution is -2.50. The highest BCUT2D eigenvalue weighted by Crippen LogP contribution is 2.28. The quantitative estimate of drug-likeness (QED) is 0.766. The van der Waals surface area contributed by atoms with Gasteiger partial charge in [0.15, 0.2) is 0 Å². The molecular weight excluding hydrogens is 378 g/mol. The van der Waals surface area contributed by atoms with E-state index in [2.05, 4.69) is 11.0 Å². The molecule has 0 radical (unpaired) electrons. The lowest BCUT2D eigenvalue weighted by atomic mass is 9.93. The Kier molecular flexibility index (Phi) is 6.19. The van der Waals surface area contributed by atoms with Crippen LogP contribution < -0.4 is 0 Å². The Bertz CT molecular complexity index is 736. The normalized spacial score (nSPS) is 23.6. The average Bonchev–Trinajstić information content (AvgIpc) is 2.73. The summed E-state index contributed by atoms with van der Waals surface area (Å²) in [6.07, 6.45) is 1.92. The number of morpholine rings is 1. The second-order valence-corrected chi connectivity index (χ2v) is 8.32. The van der Waals surface area contributed by atoms with E-state index in [0.717, 1.165) is 49.9 Å². The van der Waals surface area contributed by atoms with Gasteiger partial charge in [-0.3, -0.25) is 14.5 Å². The Morgan fingerprint density at radius 3 is 2.79 bits per heavy atom. The molecule has 3 heterocycles. The van der Waals surface area contributed by atoms with Crippen molar-refractivity contribution in [2.45, 2.75) is 25.8 Å². The fraction of sp³-hybridized carbons (Fsp3) is 0.619. The van der Waals surface area contributed by atoms with E-state index in [1.807, 2.05) is 21.9 Å². The second-order valence-electron chi connectivity index (χ2n) is 7.92. The molecule has 2 saturated heterocycles. The van der Waals surface area contributed by atoms with Crippen molar-refractivity contribution in [1.29, 1.82) is 0 Å². The van der Waals surface area contributed by atoms with Crippen molar-refractivity contribution < 1.29 is 14.3 Å². The number of hydrogen-bond donors (Lipinski definition) is 0. The van der Waals surface area contributed by atoms with Gasteiger partial charge < -0.3 is 14.5 Å². The lowest BCUT2D eigenvalue weighted by Gasteiger charge is -2.37. The molecule has 1 aromatic rings. The van der Waals surface area contributed by atoms with Crippen LogP contribution >= 0.6 is 11.6 Å². The van der Waals surface area contributed by atoms with E-state index >= 15 is 0 Å². The van der Waals surface area contributed by atoms with E-state index in [1.165, 1.54) is 5.56 Å². The number of carbonyl (C=O) groups is 2. The van der Waals surface area contributed by atoms with E-state index in [9.17, 15) is 9.59 Å². The lowest BCUT2D eigenvalue weighted by molar-refractivity contribution is -0.143. The van der Waals surface area contributed by atoms with Crippen LogP contribution in [0.3, 0.4) is 0 Å². The van der Waals surface area contributed by atoms with Crippen molar-refractivity contribution in [3.63, 3.8) is 0 Å². The third-order valence-electron chi connectivity index (χ3n) is 6.16. The Labute approximate surface area is 171 Å². The number of amides is 2. The summed E-state index contributed by atoms with van der Waals surface area (Å²) in [5, 5.41) is 0.794. The SMILES string of the molecule is O=C1CCC(C(=O)N2CCc3c(Cl)cccc3C2)CN1CCN1CCOCC1. The van der Waals surface area contributed by atoms with E-state index in [-0.39, 0.29) is 17.7 Å². The van der Waals surface area contributed by atoms with Crippen LogP contribution in [0, 0.1) is 5.92 Å². The van der Waals surface area contributed by atoms with Gasteiger partial charge in [0.25, 0.3) is 0 Å². The van der Waals surface area contributed by atoms with Gasteiger partial charge in [-0.2, -0.15) is 0 Å². The van der Waals surface area contributed by atoms with Crippen LogP contribution in [-0.4, -0.2) is 79.0 Å². The number of benzene rings is 1. The van der Waals surface area contributed by atoms with Gasteiger partial charge >= 0.3 is 0 Å². The number of piperidine rings is 1. The van der Waals surface area contributed by atoms with Crippen molar-refractivity contribution in [1.82, 2.24) is 14.7 Å². The third-order valence-corrected chi connectivity index (χ3v) is 6.51. The molecule has 3 aliphatic rings. The van der Waals surface area contributed by atoms with Crippen LogP contribution in [-0.2, 0) is 27.3 Å². The van der Waals surface area contributed by atoms with E-state index < -0.39 is 0 Å². The summed E-state index contributed by atoms with van der Waals surface area (Å²) in [7, 11) is 0. The van der Waals surface area contributed by atoms with Crippen molar-refractivity contribution in [3.8, 4) is 0 Å². The van der Waals surface area contributed by atoms with Crippen LogP contribution in [0.2, 0.25) is 5.02 Å². The molecule has 0 aromatic heterocycles. The van der Waals surface area contributed by atoms with Gasteiger partial charge in [-0.05, 0) is 30.0 Å². The topological polar surface area (TPSA) is 53.1 Å². The molecule has 0 aliphatic carbocycles. The number of likely N-dealkylation sites (tertiary alicyclic amines) is 1. The number of nitrogens with zero attached hydrogens (tertiary/aromatic N) is 3. The molecule has 6 nitrogen and oxygen atoms in total. The smallest absolute Gasteiger partial charge is 0.227 e. The van der Waals surface area contributed by atoms with Gasteiger partial charge in [-0.1, -0.05) is 23.7 Å². The molecule has 0 saturated carbocycles. The average molecular weight is 406 g/mol. The van der Waals surface area contributed by atoms with Gasteiger partial charge in [0.2, 0.25) is 11.8 Å². The van der Waals surface area contributed by atoms with E-state index in [0.29, 0.717) is 39.0 Å². The van der Waals surface area contributed by atoms with E-state index in [1.54, 1.807) is 0 Å². The van der Waals surface area contributed by atoms with Crippen molar-refractivity contribution in [3.05, 3.63) is 34.3 Å². The van der Waals surface area contributed by atoms with Crippen LogP contribution in [0.1, 0.15) is 24.0 Å². The largest absolute Gasteiger partial charge is 0.379 e. The highest BCUT2D eigenvalue weighted by Gasteiger charge is 2.34. The number of rotatable bonds is 4. The number of hydrogen-bond acceptors (Lipinski definition) is 4. The summed E-state index contributed by atoms with van der Waals surface area (Å²) < 4.78 is 5.38. The molecule has 28 heavy (non-hydrogen) atoms. The van der Waals surface area contributed by atoms with Gasteiger partial charge in [0.05, 0.1) is 19.1 Å². The Hall–Kier alpha value is -1.63. The molecule has 7 heteroatoms. The predicted octanol–water partition coefficient (Wildman–Crippen LogP) is 1.80. The maximum atomic E-state index is 13.1. The van der Waals surface area contributed by atoms with E-state index in [4.69, 9.17) is 16.3 Å². The van der Waals surface area contributed by atoms with Gasteiger partial charge in [0.1, 0.15) is 0 Å². The number of fused-ring (bicyclic) bond motifs is 1. The summed E-state index contributed by atoms with van der Waals surface area (Å²) in [5.74, 6) is 0.255. The van der Waals surface area contributed by atoms with Crippen LogP contribution in [0.5, 0.6) is 0 Å². The summed E-state index contributed by atoms with van der Waals surface area (Å²) in [5.41, 5.74) is 2.31. The Morgan fingerprint density at radius 2 is 1.96 bits per heavy atom. The molecule has 0 spiro atoms. The second kappa shape index (κ2) is 8.80. The highest BCUT2D eigenvalue weighted by atomic mass is 35.5. The summed E-state index contributed by atoms with van der Waals surface area (Å²) in [4.78, 5) is 31.6. The zero-order valence-corrected chi connectivity index (χ0v) is 17.0. The summed E-state index contributed by atoms with van der Waals surface area (Å²) in [6, 6.07) is 5.92. The van der Waals surface area contributed by atoms with Gasteiger partial charge in [-0.25, -0.2) is 0 Å². The first-order valence-electron chi connectivity index (χ1n) is 10.2. The van der Waals surface area contributed by atoms with Gasteiger partial charge in [-0.15, -0.1) is 0 Å². The first-order chi connectivity index (χ1) is 13.6. The molecule has 0 bridgehead atoms. The number of ether oxygens (including phenoxy) is 1. The molecule has 152 valence electrons. The Morgan fingerprint density at radius 1 is 1.14 bits per heavy atom. The monoisotopic (exact) mass is 405 g/mol. The minimum absolute atomic E-state index is 0.0943. The Balaban J connectivity index is 1.34. The zero-order chi connectivity index (χ0) is 19.5.